The van der Waals surface area contributed by atoms with Gasteiger partial charge in [-0.2, -0.15) is 0 Å². The molecular weight excluding hydrogens is 396 g/mol. The van der Waals surface area contributed by atoms with Crippen molar-refractivity contribution in [3.05, 3.63) is 52.0 Å². The highest BCUT2D eigenvalue weighted by Gasteiger charge is 2.20. The van der Waals surface area contributed by atoms with Gasteiger partial charge in [-0.3, -0.25) is 4.79 Å². The van der Waals surface area contributed by atoms with E-state index >= 15 is 0 Å². The van der Waals surface area contributed by atoms with Crippen LogP contribution in [0.25, 0.3) is 0 Å². The Morgan fingerprint density at radius 3 is 2.28 bits per heavy atom. The molecule has 0 bridgehead atoms. The maximum Gasteiger partial charge on any atom is 0.341 e. The molecule has 0 fully saturated rings. The highest BCUT2D eigenvalue weighted by molar-refractivity contribution is 7.89. The number of ether oxygens (including phenoxy) is 1. The van der Waals surface area contributed by atoms with Crippen molar-refractivity contribution in [3.63, 3.8) is 0 Å². The van der Waals surface area contributed by atoms with Gasteiger partial charge in [-0.1, -0.05) is 17.7 Å². The van der Waals surface area contributed by atoms with Crippen LogP contribution in [0, 0.1) is 27.7 Å². The molecule has 0 aliphatic heterocycles. The summed E-state index contributed by atoms with van der Waals surface area (Å²) in [5.74, 6) is -0.0564. The number of benzene rings is 1. The average Bonchev–Trinajstić information content (AvgIpc) is 2.98. The van der Waals surface area contributed by atoms with Crippen LogP contribution in [0.5, 0.6) is 0 Å². The fraction of sp³-hybridized carbons (Fsp3) is 0.400. The highest BCUT2D eigenvalue weighted by atomic mass is 32.2. The van der Waals surface area contributed by atoms with Crippen LogP contribution in [0.4, 0.5) is 0 Å². The minimum absolute atomic E-state index is 0.0350. The Bertz CT molecular complexity index is 1000. The molecule has 0 unspecified atom stereocenters. The molecule has 2 aromatic rings. The molecule has 1 heterocycles. The summed E-state index contributed by atoms with van der Waals surface area (Å²) >= 11 is 0. The number of esters is 1. The number of methoxy groups -OCH3 is 1. The molecule has 158 valence electrons. The van der Waals surface area contributed by atoms with Gasteiger partial charge in [0, 0.05) is 13.0 Å². The van der Waals surface area contributed by atoms with Gasteiger partial charge in [0.1, 0.15) is 17.1 Å². The van der Waals surface area contributed by atoms with Crippen LogP contribution in [-0.4, -0.2) is 33.9 Å². The SMILES string of the molecule is COC(=O)c1cc(CNC(=O)CCNS(=O)(=O)c2c(C)cc(C)cc2C)oc1C. The van der Waals surface area contributed by atoms with Crippen molar-refractivity contribution >= 4 is 21.9 Å². The second kappa shape index (κ2) is 9.23. The van der Waals surface area contributed by atoms with Gasteiger partial charge in [0.2, 0.25) is 15.9 Å². The lowest BCUT2D eigenvalue weighted by Gasteiger charge is -2.13. The summed E-state index contributed by atoms with van der Waals surface area (Å²) < 4.78 is 37.7. The fourth-order valence-electron chi connectivity index (χ4n) is 3.18. The van der Waals surface area contributed by atoms with E-state index in [0.717, 1.165) is 5.56 Å². The van der Waals surface area contributed by atoms with Gasteiger partial charge in [-0.25, -0.2) is 17.9 Å². The van der Waals surface area contributed by atoms with Crippen molar-refractivity contribution in [1.29, 1.82) is 0 Å². The maximum atomic E-state index is 12.6. The van der Waals surface area contributed by atoms with Crippen molar-refractivity contribution in [2.75, 3.05) is 13.7 Å². The third-order valence-electron chi connectivity index (χ3n) is 4.35. The number of hydrogen-bond donors (Lipinski definition) is 2. The molecule has 0 atom stereocenters. The first-order valence-electron chi connectivity index (χ1n) is 9.07. The number of carbonyl (C=O) groups is 2. The number of aryl methyl sites for hydroxylation is 4. The lowest BCUT2D eigenvalue weighted by Crippen LogP contribution is -2.31. The lowest BCUT2D eigenvalue weighted by atomic mass is 10.1. The van der Waals surface area contributed by atoms with Crippen LogP contribution in [0.2, 0.25) is 0 Å². The second-order valence-corrected chi connectivity index (χ2v) is 8.53. The van der Waals surface area contributed by atoms with Crippen LogP contribution >= 0.6 is 0 Å². The van der Waals surface area contributed by atoms with Crippen LogP contribution in [-0.2, 0) is 26.1 Å². The van der Waals surface area contributed by atoms with Crippen LogP contribution in [0.3, 0.4) is 0 Å². The van der Waals surface area contributed by atoms with Gasteiger partial charge in [0.05, 0.1) is 18.6 Å². The topological polar surface area (TPSA) is 115 Å². The van der Waals surface area contributed by atoms with Gasteiger partial charge >= 0.3 is 5.97 Å². The van der Waals surface area contributed by atoms with E-state index in [4.69, 9.17) is 4.42 Å². The third kappa shape index (κ3) is 5.68. The summed E-state index contributed by atoms with van der Waals surface area (Å²) in [5.41, 5.74) is 2.61. The normalized spacial score (nSPS) is 11.3. The third-order valence-corrected chi connectivity index (χ3v) is 6.12. The Labute approximate surface area is 170 Å². The van der Waals surface area contributed by atoms with E-state index in [1.807, 2.05) is 19.1 Å². The smallest absolute Gasteiger partial charge is 0.341 e. The largest absolute Gasteiger partial charge is 0.465 e. The molecule has 1 aromatic carbocycles. The monoisotopic (exact) mass is 422 g/mol. The molecule has 0 aliphatic carbocycles. The summed E-state index contributed by atoms with van der Waals surface area (Å²) in [6.45, 7) is 7.07. The van der Waals surface area contributed by atoms with E-state index in [1.54, 1.807) is 20.8 Å². The molecule has 0 saturated heterocycles. The lowest BCUT2D eigenvalue weighted by molar-refractivity contribution is -0.121. The summed E-state index contributed by atoms with van der Waals surface area (Å²) in [6.07, 6.45) is -0.0350. The van der Waals surface area contributed by atoms with E-state index in [1.165, 1.54) is 13.2 Å². The van der Waals surface area contributed by atoms with E-state index in [0.29, 0.717) is 28.2 Å². The first kappa shape index (κ1) is 22.6. The Morgan fingerprint density at radius 1 is 1.07 bits per heavy atom. The predicted molar refractivity (Wildman–Crippen MR) is 107 cm³/mol. The quantitative estimate of drug-likeness (QED) is 0.631. The Balaban J connectivity index is 1.89. The van der Waals surface area contributed by atoms with E-state index in [9.17, 15) is 18.0 Å². The van der Waals surface area contributed by atoms with Crippen molar-refractivity contribution in [1.82, 2.24) is 10.0 Å². The van der Waals surface area contributed by atoms with Crippen LogP contribution < -0.4 is 10.0 Å². The zero-order valence-corrected chi connectivity index (χ0v) is 18.0. The molecule has 0 aliphatic rings. The molecule has 1 aromatic heterocycles. The zero-order chi connectivity index (χ0) is 21.8. The molecule has 8 nitrogen and oxygen atoms in total. The summed E-state index contributed by atoms with van der Waals surface area (Å²) in [4.78, 5) is 23.8. The number of rotatable bonds is 8. The molecule has 2 N–H and O–H groups in total. The van der Waals surface area contributed by atoms with Gasteiger partial charge in [-0.15, -0.1) is 0 Å². The first-order chi connectivity index (χ1) is 13.5. The molecular formula is C20H26N2O6S. The molecule has 29 heavy (non-hydrogen) atoms. The van der Waals surface area contributed by atoms with E-state index in [-0.39, 0.29) is 30.3 Å². The number of furan rings is 1. The Morgan fingerprint density at radius 2 is 1.69 bits per heavy atom. The molecule has 1 amide bonds. The summed E-state index contributed by atoms with van der Waals surface area (Å²) in [6, 6.07) is 5.12. The maximum absolute atomic E-state index is 12.6. The molecule has 2 rings (SSSR count). The zero-order valence-electron chi connectivity index (χ0n) is 17.2. The van der Waals surface area contributed by atoms with E-state index < -0.39 is 16.0 Å². The number of nitrogens with one attached hydrogen (secondary N) is 2. The van der Waals surface area contributed by atoms with Gasteiger partial charge in [0.15, 0.2) is 0 Å². The van der Waals surface area contributed by atoms with Crippen molar-refractivity contribution in [3.8, 4) is 0 Å². The van der Waals surface area contributed by atoms with Gasteiger partial charge in [-0.05, 0) is 44.9 Å². The van der Waals surface area contributed by atoms with Crippen molar-refractivity contribution < 1.29 is 27.2 Å². The Hall–Kier alpha value is -2.65. The Kier molecular flexibility index (Phi) is 7.21. The fourth-order valence-corrected chi connectivity index (χ4v) is 4.66. The van der Waals surface area contributed by atoms with Crippen molar-refractivity contribution in [2.24, 2.45) is 0 Å². The first-order valence-corrected chi connectivity index (χ1v) is 10.5. The number of carbonyl (C=O) groups excluding carboxylic acids is 2. The molecule has 9 heteroatoms. The minimum atomic E-state index is -3.72. The predicted octanol–water partition coefficient (Wildman–Crippen LogP) is 2.28. The molecule has 0 saturated carbocycles. The van der Waals surface area contributed by atoms with E-state index in [2.05, 4.69) is 14.8 Å². The number of amides is 1. The average molecular weight is 423 g/mol. The van der Waals surface area contributed by atoms with Crippen molar-refractivity contribution in [2.45, 2.75) is 45.6 Å². The molecule has 0 radical (unpaired) electrons. The minimum Gasteiger partial charge on any atom is -0.465 e. The number of hydrogen-bond acceptors (Lipinski definition) is 6. The van der Waals surface area contributed by atoms with Gasteiger partial charge < -0.3 is 14.5 Å². The summed E-state index contributed by atoms with van der Waals surface area (Å²) in [7, 11) is -2.44. The van der Waals surface area contributed by atoms with Crippen LogP contribution in [0.1, 0.15) is 45.0 Å². The van der Waals surface area contributed by atoms with Crippen LogP contribution in [0.15, 0.2) is 27.5 Å². The summed E-state index contributed by atoms with van der Waals surface area (Å²) in [5, 5.41) is 2.63. The second-order valence-electron chi connectivity index (χ2n) is 6.83. The number of sulfonamides is 1. The van der Waals surface area contributed by atoms with Gasteiger partial charge in [0.25, 0.3) is 0 Å². The molecule has 0 spiro atoms. The highest BCUT2D eigenvalue weighted by Crippen LogP contribution is 2.21. The standard InChI is InChI=1S/C20H26N2O6S/c1-12-8-13(2)19(14(3)9-12)29(25,26)22-7-6-18(23)21-11-16-10-17(15(4)28-16)20(24)27-5/h8-10,22H,6-7,11H2,1-5H3,(H,21,23).